The molecule has 0 radical (unpaired) electrons. The highest BCUT2D eigenvalue weighted by atomic mass is 19.1. The van der Waals surface area contributed by atoms with Crippen molar-refractivity contribution in [2.75, 3.05) is 0 Å². The first-order valence-corrected chi connectivity index (χ1v) is 5.66. The van der Waals surface area contributed by atoms with Gasteiger partial charge in [-0.25, -0.2) is 4.39 Å². The molecule has 0 saturated carbocycles. The summed E-state index contributed by atoms with van der Waals surface area (Å²) < 4.78 is 18.5. The number of ether oxygens (including phenoxy) is 1. The molecule has 0 fully saturated rings. The Bertz CT molecular complexity index is 496. The third kappa shape index (κ3) is 3.25. The van der Waals surface area contributed by atoms with Gasteiger partial charge in [0.15, 0.2) is 0 Å². The largest absolute Gasteiger partial charge is 0.337 e. The van der Waals surface area contributed by atoms with Crippen LogP contribution in [-0.4, -0.2) is 12.1 Å². The number of Topliss-reactive ketones (excluding diaryl/α,β-unsaturated/α-hetero) is 1. The Morgan fingerprint density at radius 2 is 1.56 bits per heavy atom. The summed E-state index contributed by atoms with van der Waals surface area (Å²) in [5.74, 6) is -0.647. The standard InChI is InChI=1S/C15H13FO2/c16-15(14(17)13-9-5-2-6-10-13)18-11-12-7-3-1-4-8-12/h1-10,15H,11H2. The van der Waals surface area contributed by atoms with Gasteiger partial charge in [0, 0.05) is 5.56 Å². The summed E-state index contributed by atoms with van der Waals surface area (Å²) in [6.45, 7) is 0.0839. The van der Waals surface area contributed by atoms with Crippen LogP contribution in [0.3, 0.4) is 0 Å². The number of ketones is 1. The number of hydrogen-bond donors (Lipinski definition) is 0. The first-order valence-electron chi connectivity index (χ1n) is 5.66. The first-order chi connectivity index (χ1) is 8.77. The van der Waals surface area contributed by atoms with Crippen molar-refractivity contribution in [2.24, 2.45) is 0 Å². The molecule has 0 aliphatic carbocycles. The monoisotopic (exact) mass is 244 g/mol. The van der Waals surface area contributed by atoms with Crippen LogP contribution in [0, 0.1) is 0 Å². The van der Waals surface area contributed by atoms with E-state index in [1.807, 2.05) is 30.3 Å². The maximum Gasteiger partial charge on any atom is 0.263 e. The normalized spacial score (nSPS) is 12.1. The van der Waals surface area contributed by atoms with E-state index in [1.54, 1.807) is 30.3 Å². The number of hydrogen-bond acceptors (Lipinski definition) is 2. The molecule has 2 rings (SSSR count). The Kier molecular flexibility index (Phi) is 4.20. The molecule has 0 aliphatic rings. The van der Waals surface area contributed by atoms with E-state index in [-0.39, 0.29) is 6.61 Å². The molecule has 0 aromatic heterocycles. The molecule has 2 aromatic rings. The van der Waals surface area contributed by atoms with Crippen molar-refractivity contribution in [3.8, 4) is 0 Å². The van der Waals surface area contributed by atoms with E-state index < -0.39 is 12.1 Å². The third-order valence-electron chi connectivity index (χ3n) is 2.50. The lowest BCUT2D eigenvalue weighted by molar-refractivity contribution is -0.0294. The molecule has 0 saturated heterocycles. The maximum absolute atomic E-state index is 13.6. The summed E-state index contributed by atoms with van der Waals surface area (Å²) in [6, 6.07) is 17.5. The second-order valence-corrected chi connectivity index (χ2v) is 3.84. The van der Waals surface area contributed by atoms with Crippen LogP contribution in [0.4, 0.5) is 4.39 Å². The Morgan fingerprint density at radius 3 is 2.17 bits per heavy atom. The van der Waals surface area contributed by atoms with Gasteiger partial charge < -0.3 is 4.74 Å². The zero-order chi connectivity index (χ0) is 12.8. The summed E-state index contributed by atoms with van der Waals surface area (Å²) in [6.07, 6.45) is -1.92. The Balaban J connectivity index is 1.93. The van der Waals surface area contributed by atoms with Crippen LogP contribution < -0.4 is 0 Å². The van der Waals surface area contributed by atoms with E-state index in [0.29, 0.717) is 5.56 Å². The lowest BCUT2D eigenvalue weighted by Gasteiger charge is -2.09. The molecule has 0 bridgehead atoms. The number of benzene rings is 2. The molecule has 92 valence electrons. The molecule has 1 atom stereocenters. The number of halogens is 1. The van der Waals surface area contributed by atoms with E-state index in [1.165, 1.54) is 0 Å². The fourth-order valence-corrected chi connectivity index (χ4v) is 1.55. The predicted molar refractivity (Wildman–Crippen MR) is 66.9 cm³/mol. The van der Waals surface area contributed by atoms with Gasteiger partial charge in [-0.3, -0.25) is 4.79 Å². The molecule has 18 heavy (non-hydrogen) atoms. The van der Waals surface area contributed by atoms with Crippen LogP contribution in [0.25, 0.3) is 0 Å². The Hall–Kier alpha value is -2.00. The van der Waals surface area contributed by atoms with E-state index >= 15 is 0 Å². The number of carbonyl (C=O) groups excluding carboxylic acids is 1. The fourth-order valence-electron chi connectivity index (χ4n) is 1.55. The van der Waals surface area contributed by atoms with Gasteiger partial charge in [-0.15, -0.1) is 0 Å². The molecule has 2 aromatic carbocycles. The van der Waals surface area contributed by atoms with Crippen molar-refractivity contribution < 1.29 is 13.9 Å². The molecule has 0 aliphatic heterocycles. The van der Waals surface area contributed by atoms with Gasteiger partial charge in [-0.1, -0.05) is 60.7 Å². The minimum Gasteiger partial charge on any atom is -0.337 e. The average molecular weight is 244 g/mol. The van der Waals surface area contributed by atoms with E-state index in [0.717, 1.165) is 5.56 Å². The smallest absolute Gasteiger partial charge is 0.263 e. The summed E-state index contributed by atoms with van der Waals surface area (Å²) in [5, 5.41) is 0. The molecular formula is C15H13FO2. The van der Waals surface area contributed by atoms with Gasteiger partial charge in [0.05, 0.1) is 6.61 Å². The van der Waals surface area contributed by atoms with Crippen molar-refractivity contribution in [2.45, 2.75) is 13.0 Å². The minimum atomic E-state index is -1.92. The van der Waals surface area contributed by atoms with Crippen LogP contribution in [0.5, 0.6) is 0 Å². The summed E-state index contributed by atoms with van der Waals surface area (Å²) in [4.78, 5) is 11.7. The lowest BCUT2D eigenvalue weighted by Crippen LogP contribution is -2.19. The quantitative estimate of drug-likeness (QED) is 0.754. The van der Waals surface area contributed by atoms with Crippen LogP contribution in [0.1, 0.15) is 15.9 Å². The topological polar surface area (TPSA) is 26.3 Å². The van der Waals surface area contributed by atoms with Crippen molar-refractivity contribution in [3.05, 3.63) is 71.8 Å². The number of rotatable bonds is 5. The van der Waals surface area contributed by atoms with Crippen LogP contribution in [0.2, 0.25) is 0 Å². The minimum absolute atomic E-state index is 0.0839. The van der Waals surface area contributed by atoms with E-state index in [9.17, 15) is 9.18 Å². The fraction of sp³-hybridized carbons (Fsp3) is 0.133. The molecule has 3 heteroatoms. The number of carbonyl (C=O) groups is 1. The van der Waals surface area contributed by atoms with Crippen LogP contribution >= 0.6 is 0 Å². The summed E-state index contributed by atoms with van der Waals surface area (Å²) >= 11 is 0. The highest BCUT2D eigenvalue weighted by Gasteiger charge is 2.19. The van der Waals surface area contributed by atoms with Crippen molar-refractivity contribution in [1.82, 2.24) is 0 Å². The second-order valence-electron chi connectivity index (χ2n) is 3.84. The lowest BCUT2D eigenvalue weighted by atomic mass is 10.1. The molecule has 2 nitrogen and oxygen atoms in total. The SMILES string of the molecule is O=C(c1ccccc1)C(F)OCc1ccccc1. The van der Waals surface area contributed by atoms with Crippen LogP contribution in [0.15, 0.2) is 60.7 Å². The maximum atomic E-state index is 13.6. The zero-order valence-electron chi connectivity index (χ0n) is 9.75. The molecule has 0 heterocycles. The van der Waals surface area contributed by atoms with Gasteiger partial charge in [0.25, 0.3) is 6.36 Å². The van der Waals surface area contributed by atoms with Gasteiger partial charge in [0.1, 0.15) is 0 Å². The molecular weight excluding hydrogens is 231 g/mol. The van der Waals surface area contributed by atoms with Crippen molar-refractivity contribution in [1.29, 1.82) is 0 Å². The first kappa shape index (κ1) is 12.5. The van der Waals surface area contributed by atoms with Crippen molar-refractivity contribution >= 4 is 5.78 Å². The average Bonchev–Trinajstić information content (AvgIpc) is 2.46. The second kappa shape index (κ2) is 6.07. The third-order valence-corrected chi connectivity index (χ3v) is 2.50. The molecule has 0 spiro atoms. The zero-order valence-corrected chi connectivity index (χ0v) is 9.75. The van der Waals surface area contributed by atoms with Gasteiger partial charge in [0.2, 0.25) is 5.78 Å². The Labute approximate surface area is 105 Å². The van der Waals surface area contributed by atoms with Crippen LogP contribution in [-0.2, 0) is 11.3 Å². The van der Waals surface area contributed by atoms with Gasteiger partial charge in [-0.05, 0) is 5.56 Å². The van der Waals surface area contributed by atoms with Crippen molar-refractivity contribution in [3.63, 3.8) is 0 Å². The van der Waals surface area contributed by atoms with E-state index in [4.69, 9.17) is 4.74 Å². The van der Waals surface area contributed by atoms with Gasteiger partial charge >= 0.3 is 0 Å². The predicted octanol–water partition coefficient (Wildman–Crippen LogP) is 3.38. The molecule has 0 N–H and O–H groups in total. The summed E-state index contributed by atoms with van der Waals surface area (Å²) in [5.41, 5.74) is 1.15. The molecule has 1 unspecified atom stereocenters. The van der Waals surface area contributed by atoms with E-state index in [2.05, 4.69) is 0 Å². The van der Waals surface area contributed by atoms with Gasteiger partial charge in [-0.2, -0.15) is 0 Å². The number of alkyl halides is 1. The highest BCUT2D eigenvalue weighted by molar-refractivity contribution is 5.98. The molecule has 0 amide bonds. The Morgan fingerprint density at radius 1 is 1.00 bits per heavy atom. The summed E-state index contributed by atoms with van der Waals surface area (Å²) in [7, 11) is 0. The highest BCUT2D eigenvalue weighted by Crippen LogP contribution is 2.10.